The van der Waals surface area contributed by atoms with Gasteiger partial charge in [-0.05, 0) is 42.4 Å². The number of carbonyl (C=O) groups excluding carboxylic acids is 1. The van der Waals surface area contributed by atoms with E-state index in [1.54, 1.807) is 14.2 Å². The maximum Gasteiger partial charge on any atom is 0.305 e. The van der Waals surface area contributed by atoms with Gasteiger partial charge in [-0.15, -0.1) is 0 Å². The van der Waals surface area contributed by atoms with Crippen LogP contribution in [0.15, 0.2) is 18.2 Å². The Hall–Kier alpha value is -1.75. The fraction of sp³-hybridized carbons (Fsp3) is 0.708. The first-order valence-electron chi connectivity index (χ1n) is 10.9. The Morgan fingerprint density at radius 2 is 1.62 bits per heavy atom. The molecule has 0 saturated carbocycles. The predicted molar refractivity (Wildman–Crippen MR) is 121 cm³/mol. The zero-order valence-corrected chi connectivity index (χ0v) is 20.2. The number of benzene rings is 1. The molecule has 0 spiro atoms. The van der Waals surface area contributed by atoms with Gasteiger partial charge in [-0.3, -0.25) is 4.79 Å². The summed E-state index contributed by atoms with van der Waals surface area (Å²) in [4.78, 5) is 11.4. The first-order valence-corrected chi connectivity index (χ1v) is 10.9. The first kappa shape index (κ1) is 29.5. The summed E-state index contributed by atoms with van der Waals surface area (Å²) in [5.74, 6) is 2.23. The summed E-state index contributed by atoms with van der Waals surface area (Å²) in [6.07, 6.45) is 3.00. The van der Waals surface area contributed by atoms with Crippen molar-refractivity contribution in [1.82, 2.24) is 0 Å². The Bertz CT molecular complexity index is 514. The van der Waals surface area contributed by atoms with Crippen LogP contribution in [0.4, 0.5) is 0 Å². The molecule has 1 aromatic rings. The molecule has 29 heavy (non-hydrogen) atoms. The van der Waals surface area contributed by atoms with Crippen LogP contribution in [0.3, 0.4) is 0 Å². The van der Waals surface area contributed by atoms with Crippen LogP contribution in [0.25, 0.3) is 0 Å². The zero-order valence-electron chi connectivity index (χ0n) is 20.2. The monoisotopic (exact) mass is 412 g/mol. The van der Waals surface area contributed by atoms with Crippen molar-refractivity contribution in [3.8, 4) is 11.5 Å². The lowest BCUT2D eigenvalue weighted by Gasteiger charge is -2.21. The van der Waals surface area contributed by atoms with Gasteiger partial charge < -0.3 is 18.9 Å². The topological polar surface area (TPSA) is 54.0 Å². The average molecular weight is 413 g/mol. The number of ether oxygens (including phenoxy) is 4. The Labute approximate surface area is 179 Å². The molecule has 1 aromatic carbocycles. The van der Waals surface area contributed by atoms with E-state index in [-0.39, 0.29) is 5.97 Å². The Balaban J connectivity index is 0. The van der Waals surface area contributed by atoms with E-state index < -0.39 is 0 Å². The average Bonchev–Trinajstić information content (AvgIpc) is 2.76. The van der Waals surface area contributed by atoms with Crippen LogP contribution >= 0.6 is 0 Å². The van der Waals surface area contributed by atoms with Crippen molar-refractivity contribution in [3.63, 3.8) is 0 Å². The van der Waals surface area contributed by atoms with Crippen LogP contribution in [0, 0.1) is 11.8 Å². The highest BCUT2D eigenvalue weighted by Crippen LogP contribution is 2.31. The summed E-state index contributed by atoms with van der Waals surface area (Å²) in [6.45, 7) is 13.6. The third-order valence-electron chi connectivity index (χ3n) is 4.37. The van der Waals surface area contributed by atoms with Gasteiger partial charge in [0.05, 0.1) is 20.8 Å². The lowest BCUT2D eigenvalue weighted by molar-refractivity contribution is -0.141. The molecule has 1 rings (SSSR count). The summed E-state index contributed by atoms with van der Waals surface area (Å²) in [6, 6.07) is 6.05. The lowest BCUT2D eigenvalue weighted by Crippen LogP contribution is -2.15. The third-order valence-corrected chi connectivity index (χ3v) is 4.37. The fourth-order valence-corrected chi connectivity index (χ4v) is 2.73. The molecule has 1 atom stereocenters. The second kappa shape index (κ2) is 19.6. The molecule has 0 aromatic heterocycles. The SMILES string of the molecule is CC.CC.COCCCOc1cc(CC(CCC(=O)OC)C(C)C)ccc1OC. The fourth-order valence-electron chi connectivity index (χ4n) is 2.73. The van der Waals surface area contributed by atoms with Gasteiger partial charge in [0, 0.05) is 26.6 Å². The van der Waals surface area contributed by atoms with Crippen molar-refractivity contribution in [3.05, 3.63) is 23.8 Å². The molecule has 0 amide bonds. The molecule has 0 aliphatic heterocycles. The number of hydrogen-bond acceptors (Lipinski definition) is 5. The number of esters is 1. The van der Waals surface area contributed by atoms with E-state index in [1.165, 1.54) is 12.7 Å². The third kappa shape index (κ3) is 13.2. The number of carbonyl (C=O) groups is 1. The van der Waals surface area contributed by atoms with Gasteiger partial charge in [0.15, 0.2) is 11.5 Å². The highest BCUT2D eigenvalue weighted by Gasteiger charge is 2.17. The van der Waals surface area contributed by atoms with Crippen molar-refractivity contribution in [1.29, 1.82) is 0 Å². The van der Waals surface area contributed by atoms with Crippen LogP contribution < -0.4 is 9.47 Å². The molecule has 0 heterocycles. The second-order valence-electron chi connectivity index (χ2n) is 6.50. The molecular weight excluding hydrogens is 368 g/mol. The molecule has 1 unspecified atom stereocenters. The van der Waals surface area contributed by atoms with Crippen LogP contribution in [0.5, 0.6) is 11.5 Å². The molecule has 0 fully saturated rings. The maximum atomic E-state index is 11.4. The largest absolute Gasteiger partial charge is 0.493 e. The normalized spacial score (nSPS) is 10.8. The van der Waals surface area contributed by atoms with Crippen LogP contribution in [-0.2, 0) is 20.7 Å². The van der Waals surface area contributed by atoms with Crippen LogP contribution in [-0.4, -0.2) is 40.5 Å². The molecule has 5 heteroatoms. The van der Waals surface area contributed by atoms with Gasteiger partial charge in [-0.1, -0.05) is 47.6 Å². The van der Waals surface area contributed by atoms with Crippen LogP contribution in [0.1, 0.15) is 66.4 Å². The Morgan fingerprint density at radius 3 is 2.14 bits per heavy atom. The van der Waals surface area contributed by atoms with E-state index >= 15 is 0 Å². The van der Waals surface area contributed by atoms with E-state index in [0.717, 1.165) is 30.8 Å². The van der Waals surface area contributed by atoms with Crippen LogP contribution in [0.2, 0.25) is 0 Å². The summed E-state index contributed by atoms with van der Waals surface area (Å²) in [7, 11) is 4.76. The summed E-state index contributed by atoms with van der Waals surface area (Å²) in [5, 5.41) is 0. The Morgan fingerprint density at radius 1 is 0.966 bits per heavy atom. The lowest BCUT2D eigenvalue weighted by atomic mass is 9.85. The maximum absolute atomic E-state index is 11.4. The molecule has 0 saturated heterocycles. The van der Waals surface area contributed by atoms with Gasteiger partial charge in [0.25, 0.3) is 0 Å². The van der Waals surface area contributed by atoms with Crippen molar-refractivity contribution in [2.75, 3.05) is 34.5 Å². The Kier molecular flexibility index (Phi) is 19.9. The van der Waals surface area contributed by atoms with Crippen molar-refractivity contribution >= 4 is 5.97 Å². The van der Waals surface area contributed by atoms with E-state index in [1.807, 2.05) is 39.8 Å². The molecule has 0 radical (unpaired) electrons. The molecular formula is C24H44O5. The summed E-state index contributed by atoms with van der Waals surface area (Å²) < 4.78 is 21.0. The minimum absolute atomic E-state index is 0.150. The van der Waals surface area contributed by atoms with E-state index in [0.29, 0.717) is 31.5 Å². The van der Waals surface area contributed by atoms with Gasteiger partial charge in [-0.2, -0.15) is 0 Å². The summed E-state index contributed by atoms with van der Waals surface area (Å²) >= 11 is 0. The molecule has 0 aliphatic carbocycles. The van der Waals surface area contributed by atoms with E-state index in [2.05, 4.69) is 19.9 Å². The summed E-state index contributed by atoms with van der Waals surface area (Å²) in [5.41, 5.74) is 1.19. The van der Waals surface area contributed by atoms with Gasteiger partial charge in [0.1, 0.15) is 0 Å². The highest BCUT2D eigenvalue weighted by molar-refractivity contribution is 5.69. The zero-order chi connectivity index (χ0) is 22.7. The van der Waals surface area contributed by atoms with Gasteiger partial charge in [0.2, 0.25) is 0 Å². The number of hydrogen-bond donors (Lipinski definition) is 0. The quantitative estimate of drug-likeness (QED) is 0.314. The van der Waals surface area contributed by atoms with E-state index in [4.69, 9.17) is 18.9 Å². The van der Waals surface area contributed by atoms with Gasteiger partial charge in [-0.25, -0.2) is 0 Å². The predicted octanol–water partition coefficient (Wildman–Crippen LogP) is 5.93. The minimum Gasteiger partial charge on any atom is -0.493 e. The number of rotatable bonds is 12. The van der Waals surface area contributed by atoms with E-state index in [9.17, 15) is 4.79 Å². The smallest absolute Gasteiger partial charge is 0.305 e. The number of methoxy groups -OCH3 is 3. The molecule has 0 N–H and O–H groups in total. The highest BCUT2D eigenvalue weighted by atomic mass is 16.5. The molecule has 0 bridgehead atoms. The first-order chi connectivity index (χ1) is 14.0. The van der Waals surface area contributed by atoms with Crippen molar-refractivity contribution in [2.24, 2.45) is 11.8 Å². The molecule has 0 aliphatic rings. The van der Waals surface area contributed by atoms with Gasteiger partial charge >= 0.3 is 5.97 Å². The molecule has 5 nitrogen and oxygen atoms in total. The van der Waals surface area contributed by atoms with Crippen molar-refractivity contribution < 1.29 is 23.7 Å². The standard InChI is InChI=1S/C20H32O5.2C2H6/c1-15(2)17(8-10-20(21)24-5)13-16-7-9-18(23-4)19(14-16)25-12-6-11-22-3;2*1-2/h7,9,14-15,17H,6,8,10-13H2,1-5H3;2*1-2H3. The second-order valence-corrected chi connectivity index (χ2v) is 6.50. The minimum atomic E-state index is -0.150. The van der Waals surface area contributed by atoms with Crippen molar-refractivity contribution in [2.45, 2.75) is 67.2 Å². The molecule has 170 valence electrons.